The lowest BCUT2D eigenvalue weighted by molar-refractivity contribution is -0.0106. The van der Waals surface area contributed by atoms with Crippen molar-refractivity contribution >= 4 is 0 Å². The summed E-state index contributed by atoms with van der Waals surface area (Å²) in [6.07, 6.45) is 2.73. The maximum Gasteiger partial charge on any atom is 0.0702 e. The van der Waals surface area contributed by atoms with Crippen molar-refractivity contribution in [1.29, 1.82) is 0 Å². The van der Waals surface area contributed by atoms with Gasteiger partial charge in [-0.15, -0.1) is 0 Å². The van der Waals surface area contributed by atoms with Gasteiger partial charge in [0, 0.05) is 25.2 Å². The van der Waals surface area contributed by atoms with Gasteiger partial charge in [-0.2, -0.15) is 0 Å². The van der Waals surface area contributed by atoms with Crippen LogP contribution in [0.3, 0.4) is 0 Å². The van der Waals surface area contributed by atoms with Crippen molar-refractivity contribution < 1.29 is 4.74 Å². The van der Waals surface area contributed by atoms with Gasteiger partial charge in [-0.05, 0) is 38.8 Å². The monoisotopic (exact) mass is 262 g/mol. The zero-order valence-corrected chi connectivity index (χ0v) is 12.1. The predicted molar refractivity (Wildman–Crippen MR) is 79.1 cm³/mol. The third-order valence-corrected chi connectivity index (χ3v) is 3.84. The van der Waals surface area contributed by atoms with Crippen LogP contribution in [0, 0.1) is 0 Å². The Bertz CT molecular complexity index is 364. The summed E-state index contributed by atoms with van der Waals surface area (Å²) in [6.45, 7) is 7.08. The van der Waals surface area contributed by atoms with Crippen molar-refractivity contribution in [3.8, 4) is 0 Å². The topological polar surface area (TPSA) is 38.5 Å². The summed E-state index contributed by atoms with van der Waals surface area (Å²) < 4.78 is 5.80. The Morgan fingerprint density at radius 1 is 1.37 bits per heavy atom. The van der Waals surface area contributed by atoms with Gasteiger partial charge in [0.05, 0.1) is 6.10 Å². The predicted octanol–water partition coefficient (Wildman–Crippen LogP) is 2.58. The van der Waals surface area contributed by atoms with Gasteiger partial charge in [-0.25, -0.2) is 0 Å². The Hall–Kier alpha value is -0.900. The minimum atomic E-state index is 0.128. The number of nitrogens with two attached hydrogens (primary N) is 1. The molecule has 0 amide bonds. The van der Waals surface area contributed by atoms with Crippen molar-refractivity contribution in [2.24, 2.45) is 5.73 Å². The Kier molecular flexibility index (Phi) is 5.37. The molecule has 0 spiro atoms. The summed E-state index contributed by atoms with van der Waals surface area (Å²) in [4.78, 5) is 2.49. The van der Waals surface area contributed by atoms with Gasteiger partial charge in [-0.1, -0.05) is 30.3 Å². The summed E-state index contributed by atoms with van der Waals surface area (Å²) in [6, 6.07) is 11.0. The van der Waals surface area contributed by atoms with Crippen LogP contribution in [0.1, 0.15) is 38.3 Å². The highest BCUT2D eigenvalue weighted by molar-refractivity contribution is 5.20. The van der Waals surface area contributed by atoms with Crippen LogP contribution in [0.5, 0.6) is 0 Å². The first kappa shape index (κ1) is 14.5. The van der Waals surface area contributed by atoms with E-state index in [4.69, 9.17) is 10.5 Å². The molecule has 1 aliphatic rings. The highest BCUT2D eigenvalue weighted by atomic mass is 16.5. The molecule has 1 aromatic rings. The molecule has 3 unspecified atom stereocenters. The van der Waals surface area contributed by atoms with Gasteiger partial charge >= 0.3 is 0 Å². The number of nitrogens with zero attached hydrogens (tertiary/aromatic N) is 1. The maximum absolute atomic E-state index is 6.24. The van der Waals surface area contributed by atoms with Crippen LogP contribution in [-0.2, 0) is 4.74 Å². The highest BCUT2D eigenvalue weighted by Crippen LogP contribution is 2.27. The van der Waals surface area contributed by atoms with Crippen molar-refractivity contribution in [2.75, 3.05) is 19.7 Å². The van der Waals surface area contributed by atoms with Crippen LogP contribution in [0.2, 0.25) is 0 Å². The molecule has 0 aromatic heterocycles. The molecule has 106 valence electrons. The Balaban J connectivity index is 2.11. The lowest BCUT2D eigenvalue weighted by Gasteiger charge is -2.40. The van der Waals surface area contributed by atoms with Gasteiger partial charge < -0.3 is 10.5 Å². The molecular formula is C16H26N2O. The fourth-order valence-electron chi connectivity index (χ4n) is 3.09. The molecule has 1 aliphatic heterocycles. The van der Waals surface area contributed by atoms with E-state index in [-0.39, 0.29) is 6.04 Å². The van der Waals surface area contributed by atoms with Gasteiger partial charge in [0.2, 0.25) is 0 Å². The van der Waals surface area contributed by atoms with Gasteiger partial charge in [0.25, 0.3) is 0 Å². The number of piperidine rings is 1. The van der Waals surface area contributed by atoms with E-state index in [0.717, 1.165) is 19.7 Å². The second kappa shape index (κ2) is 7.04. The van der Waals surface area contributed by atoms with Crippen LogP contribution in [0.25, 0.3) is 0 Å². The summed E-state index contributed by atoms with van der Waals surface area (Å²) in [5.74, 6) is 0. The Morgan fingerprint density at radius 2 is 2.11 bits per heavy atom. The number of rotatable bonds is 5. The molecule has 1 aromatic carbocycles. The normalized spacial score (nSPS) is 24.1. The summed E-state index contributed by atoms with van der Waals surface area (Å²) in [5, 5.41) is 0. The van der Waals surface area contributed by atoms with Crippen LogP contribution in [0.15, 0.2) is 30.3 Å². The zero-order chi connectivity index (χ0) is 13.7. The summed E-state index contributed by atoms with van der Waals surface area (Å²) in [5.41, 5.74) is 7.55. The number of ether oxygens (including phenoxy) is 1. The first-order valence-corrected chi connectivity index (χ1v) is 7.38. The second-order valence-corrected chi connectivity index (χ2v) is 5.43. The molecule has 1 fully saturated rings. The SMILES string of the molecule is CCOC1CCCN(C(c2ccccc2)C(C)N)C1. The number of hydrogen-bond donors (Lipinski definition) is 1. The lowest BCUT2D eigenvalue weighted by Crippen LogP contribution is -2.46. The molecule has 1 heterocycles. The number of likely N-dealkylation sites (tertiary alicyclic amines) is 1. The molecule has 3 nitrogen and oxygen atoms in total. The van der Waals surface area contributed by atoms with E-state index in [1.165, 1.54) is 18.4 Å². The zero-order valence-electron chi connectivity index (χ0n) is 12.1. The lowest BCUT2D eigenvalue weighted by atomic mass is 9.96. The van der Waals surface area contributed by atoms with Crippen molar-refractivity contribution in [2.45, 2.75) is 44.9 Å². The molecule has 0 saturated carbocycles. The third-order valence-electron chi connectivity index (χ3n) is 3.84. The van der Waals surface area contributed by atoms with Crippen LogP contribution < -0.4 is 5.73 Å². The highest BCUT2D eigenvalue weighted by Gasteiger charge is 2.29. The average Bonchev–Trinajstić information content (AvgIpc) is 2.40. The molecule has 2 rings (SSSR count). The molecule has 2 N–H and O–H groups in total. The van der Waals surface area contributed by atoms with Crippen LogP contribution in [0.4, 0.5) is 0 Å². The van der Waals surface area contributed by atoms with E-state index in [1.54, 1.807) is 0 Å². The maximum atomic E-state index is 6.24. The van der Waals surface area contributed by atoms with E-state index in [2.05, 4.69) is 49.1 Å². The minimum absolute atomic E-state index is 0.128. The Labute approximate surface area is 116 Å². The fourth-order valence-corrected chi connectivity index (χ4v) is 3.09. The smallest absolute Gasteiger partial charge is 0.0702 e. The Morgan fingerprint density at radius 3 is 2.74 bits per heavy atom. The minimum Gasteiger partial charge on any atom is -0.377 e. The third kappa shape index (κ3) is 3.78. The first-order chi connectivity index (χ1) is 9.22. The molecule has 19 heavy (non-hydrogen) atoms. The summed E-state index contributed by atoms with van der Waals surface area (Å²) >= 11 is 0. The van der Waals surface area contributed by atoms with E-state index in [1.807, 2.05) is 0 Å². The van der Waals surface area contributed by atoms with Gasteiger partial charge in [-0.3, -0.25) is 4.90 Å². The fraction of sp³-hybridized carbons (Fsp3) is 0.625. The van der Waals surface area contributed by atoms with E-state index >= 15 is 0 Å². The largest absolute Gasteiger partial charge is 0.377 e. The molecular weight excluding hydrogens is 236 g/mol. The molecule has 3 heteroatoms. The van der Waals surface area contributed by atoms with Gasteiger partial charge in [0.15, 0.2) is 0 Å². The van der Waals surface area contributed by atoms with E-state index < -0.39 is 0 Å². The average molecular weight is 262 g/mol. The van der Waals surface area contributed by atoms with E-state index in [9.17, 15) is 0 Å². The molecule has 1 saturated heterocycles. The van der Waals surface area contributed by atoms with Crippen molar-refractivity contribution in [1.82, 2.24) is 4.90 Å². The van der Waals surface area contributed by atoms with Crippen molar-refractivity contribution in [3.05, 3.63) is 35.9 Å². The number of hydrogen-bond acceptors (Lipinski definition) is 3. The van der Waals surface area contributed by atoms with E-state index in [0.29, 0.717) is 12.1 Å². The van der Waals surface area contributed by atoms with Crippen LogP contribution >= 0.6 is 0 Å². The summed E-state index contributed by atoms with van der Waals surface area (Å²) in [7, 11) is 0. The second-order valence-electron chi connectivity index (χ2n) is 5.43. The van der Waals surface area contributed by atoms with Gasteiger partial charge in [0.1, 0.15) is 0 Å². The van der Waals surface area contributed by atoms with Crippen LogP contribution in [-0.4, -0.2) is 36.7 Å². The molecule has 0 aliphatic carbocycles. The molecule has 3 atom stereocenters. The molecule has 0 radical (unpaired) electrons. The van der Waals surface area contributed by atoms with Crippen molar-refractivity contribution in [3.63, 3.8) is 0 Å². The molecule has 0 bridgehead atoms. The first-order valence-electron chi connectivity index (χ1n) is 7.38. The standard InChI is InChI=1S/C16H26N2O/c1-3-19-15-10-7-11-18(12-15)16(13(2)17)14-8-5-4-6-9-14/h4-6,8-9,13,15-16H,3,7,10-12,17H2,1-2H3. The quantitative estimate of drug-likeness (QED) is 0.886. The number of benzene rings is 1.